The van der Waals surface area contributed by atoms with Crippen LogP contribution in [0.1, 0.15) is 36.8 Å². The summed E-state index contributed by atoms with van der Waals surface area (Å²) in [5.41, 5.74) is -1.21. The van der Waals surface area contributed by atoms with E-state index in [2.05, 4.69) is 7.05 Å². The van der Waals surface area contributed by atoms with Gasteiger partial charge in [0.1, 0.15) is 29.9 Å². The second-order valence-electron chi connectivity index (χ2n) is 10.0. The van der Waals surface area contributed by atoms with Gasteiger partial charge in [-0.25, -0.2) is 0 Å². The zero-order valence-electron chi connectivity index (χ0n) is 16.9. The Morgan fingerprint density at radius 1 is 1.24 bits per heavy atom. The molecule has 2 heterocycles. The van der Waals surface area contributed by atoms with Gasteiger partial charge in [-0.3, -0.25) is 4.79 Å². The third-order valence-electron chi connectivity index (χ3n) is 8.43. The van der Waals surface area contributed by atoms with Crippen molar-refractivity contribution in [3.63, 3.8) is 0 Å². The van der Waals surface area contributed by atoms with Crippen LogP contribution in [0.2, 0.25) is 0 Å². The number of hydrogen-bond donors (Lipinski definition) is 4. The maximum absolute atomic E-state index is 12.9. The van der Waals surface area contributed by atoms with E-state index >= 15 is 0 Å². The van der Waals surface area contributed by atoms with Gasteiger partial charge in [0.2, 0.25) is 5.78 Å². The third kappa shape index (κ3) is 2.04. The van der Waals surface area contributed by atoms with Crippen molar-refractivity contribution in [1.82, 2.24) is 0 Å². The highest BCUT2D eigenvalue weighted by Crippen LogP contribution is 2.66. The van der Waals surface area contributed by atoms with Gasteiger partial charge in [0.15, 0.2) is 17.6 Å². The third-order valence-corrected chi connectivity index (χ3v) is 8.43. The fourth-order valence-corrected chi connectivity index (χ4v) is 7.01. The normalized spacial score (nSPS) is 45.1. The predicted octanol–water partition coefficient (Wildman–Crippen LogP) is 0.206. The number of carbonyl (C=O) groups excluding carboxylic acids is 1. The maximum atomic E-state index is 12.9. The molecule has 3 aliphatic carbocycles. The number of carbonyl (C=O) groups is 1. The van der Waals surface area contributed by atoms with Gasteiger partial charge >= 0.3 is 0 Å². The summed E-state index contributed by atoms with van der Waals surface area (Å²) in [5, 5.41) is 43.7. The van der Waals surface area contributed by atoms with E-state index in [0.29, 0.717) is 36.2 Å². The zero-order chi connectivity index (χ0) is 19.7. The number of hydrogen-bond acceptors (Lipinski definition) is 6. The zero-order valence-corrected chi connectivity index (χ0v) is 16.9. The number of ketones is 1. The first-order chi connectivity index (χ1) is 13.1. The summed E-state index contributed by atoms with van der Waals surface area (Å²) >= 11 is 0. The van der Waals surface area contributed by atoms with Gasteiger partial charge in [0, 0.05) is 24.8 Å². The summed E-state index contributed by atoms with van der Waals surface area (Å²) in [6, 6.07) is 3.19. The number of quaternary nitrogens is 1. The predicted molar refractivity (Wildman–Crippen MR) is 103 cm³/mol. The average Bonchev–Trinajstić information content (AvgIpc) is 3.22. The second kappa shape index (κ2) is 5.32. The first kappa shape index (κ1) is 19.3. The monoisotopic (exact) mass is 403 g/mol. The first-order valence-corrected chi connectivity index (χ1v) is 10.2. The lowest BCUT2D eigenvalue weighted by molar-refractivity contribution is -0.952. The van der Waals surface area contributed by atoms with Crippen LogP contribution in [0.25, 0.3) is 0 Å². The smallest absolute Gasteiger partial charge is 0.202 e. The topological polar surface area (TPSA) is 107 Å². The molecule has 158 valence electrons. The Bertz CT molecular complexity index is 928. The highest BCUT2D eigenvalue weighted by atomic mass is 16.5. The number of nitrogens with zero attached hydrogens (tertiary/aromatic N) is 1. The number of ether oxygens (including phenoxy) is 1. The Labute approximate surface area is 170 Å². The van der Waals surface area contributed by atoms with Crippen molar-refractivity contribution in [2.45, 2.75) is 67.0 Å². The van der Waals surface area contributed by atoms with Crippen molar-refractivity contribution in [3.05, 3.63) is 30.7 Å². The molecule has 2 bridgehead atoms. The van der Waals surface area contributed by atoms with Gasteiger partial charge in [0.05, 0.1) is 19.0 Å². The molecule has 2 aliphatic heterocycles. The fraction of sp³-hybridized carbons (Fsp3) is 0.636. The molecular formula is C22H29NO6. The molecule has 5 aliphatic rings. The molecule has 1 aromatic carbocycles. The molecule has 1 unspecified atom stereocenters. The highest BCUT2D eigenvalue weighted by Gasteiger charge is 2.78. The first-order valence-electron chi connectivity index (χ1n) is 10.2. The van der Waals surface area contributed by atoms with Crippen molar-refractivity contribution >= 4 is 5.78 Å². The molecule has 6 rings (SSSR count). The van der Waals surface area contributed by atoms with E-state index in [0.717, 1.165) is 24.0 Å². The molecule has 7 nitrogen and oxygen atoms in total. The van der Waals surface area contributed by atoms with E-state index in [1.54, 1.807) is 6.07 Å². The Morgan fingerprint density at radius 3 is 2.66 bits per heavy atom. The van der Waals surface area contributed by atoms with E-state index in [9.17, 15) is 25.2 Å². The van der Waals surface area contributed by atoms with Crippen LogP contribution in [0.3, 0.4) is 0 Å². The summed E-state index contributed by atoms with van der Waals surface area (Å²) in [5.74, 6) is -0.150. The van der Waals surface area contributed by atoms with Gasteiger partial charge in [-0.05, 0) is 24.5 Å². The summed E-state index contributed by atoms with van der Waals surface area (Å²) in [6.45, 7) is 1.26. The number of piperidine rings is 1. The van der Waals surface area contributed by atoms with E-state index in [4.69, 9.17) is 4.74 Å². The van der Waals surface area contributed by atoms with E-state index in [1.807, 2.05) is 6.07 Å². The average molecular weight is 403 g/mol. The summed E-state index contributed by atoms with van der Waals surface area (Å²) in [7, 11) is 2.08. The minimum Gasteiger partial charge on any atom is -0.504 e. The molecule has 29 heavy (non-hydrogen) atoms. The van der Waals surface area contributed by atoms with Crippen LogP contribution in [0.5, 0.6) is 11.5 Å². The van der Waals surface area contributed by atoms with Crippen LogP contribution >= 0.6 is 0 Å². The van der Waals surface area contributed by atoms with Crippen LogP contribution in [0.4, 0.5) is 0 Å². The Morgan fingerprint density at radius 2 is 1.97 bits per heavy atom. The van der Waals surface area contributed by atoms with Crippen LogP contribution in [0, 0.1) is 7.43 Å². The van der Waals surface area contributed by atoms with Crippen LogP contribution in [-0.4, -0.2) is 80.3 Å². The van der Waals surface area contributed by atoms with Crippen molar-refractivity contribution in [1.29, 1.82) is 0 Å². The number of aromatic hydroxyl groups is 1. The van der Waals surface area contributed by atoms with Crippen molar-refractivity contribution in [2.75, 3.05) is 20.1 Å². The molecule has 0 aromatic heterocycles. The number of Topliss-reactive ketones (excluding diaryl/α,β-unsaturated/α-hetero) is 1. The number of likely N-dealkylation sites (N-methyl/N-ethyl adjacent to an activating group) is 1. The van der Waals surface area contributed by atoms with Crippen molar-refractivity contribution in [2.24, 2.45) is 0 Å². The molecule has 1 aromatic rings. The molecule has 4 N–H and O–H groups in total. The number of benzene rings is 1. The summed E-state index contributed by atoms with van der Waals surface area (Å²) in [4.78, 5) is 12.9. The summed E-state index contributed by atoms with van der Waals surface area (Å²) in [6.07, 6.45) is 0.320. The molecule has 6 atom stereocenters. The Kier molecular flexibility index (Phi) is 3.54. The van der Waals surface area contributed by atoms with E-state index in [1.165, 1.54) is 0 Å². The molecule has 0 amide bonds. The largest absolute Gasteiger partial charge is 0.504 e. The van der Waals surface area contributed by atoms with Crippen LogP contribution in [-0.2, 0) is 16.6 Å². The number of aliphatic hydroxyl groups excluding tert-OH is 1. The number of phenolic OH excluding ortho intramolecular Hbond substituents is 1. The lowest BCUT2D eigenvalue weighted by atomic mass is 9.48. The minimum absolute atomic E-state index is 0. The second-order valence-corrected chi connectivity index (χ2v) is 10.0. The fourth-order valence-electron chi connectivity index (χ4n) is 7.01. The number of likely N-dealkylation sites (tertiary alicyclic amines) is 1. The lowest BCUT2D eigenvalue weighted by Crippen LogP contribution is -2.82. The minimum atomic E-state index is -1.34. The maximum Gasteiger partial charge on any atom is 0.202 e. The van der Waals surface area contributed by atoms with E-state index < -0.39 is 34.6 Å². The van der Waals surface area contributed by atoms with Crippen molar-refractivity contribution < 1.29 is 34.4 Å². The van der Waals surface area contributed by atoms with Crippen LogP contribution in [0.15, 0.2) is 12.1 Å². The van der Waals surface area contributed by atoms with Crippen molar-refractivity contribution in [3.8, 4) is 11.5 Å². The number of phenols is 1. The van der Waals surface area contributed by atoms with Gasteiger partial charge in [-0.1, -0.05) is 6.07 Å². The standard InChI is InChI=1S/C21H25NO6.CH3/c1-22(10-19(26)4-5-19)7-6-20-15-11-2-3-12(23)17(15)28-18(20)16(25)13(24)9-21(20,27)14(22)8-11;/h2-3,13-14,18,24,26-27H,4-10H2,1H3;1H3/q;-1/p+1/t13?,14-,18+,20+,21-,22-;/m1./s1. The molecule has 3 fully saturated rings. The number of aliphatic hydroxyl groups is 3. The van der Waals surface area contributed by atoms with Gasteiger partial charge in [-0.2, -0.15) is 0 Å². The van der Waals surface area contributed by atoms with Gasteiger partial charge < -0.3 is 37.1 Å². The van der Waals surface area contributed by atoms with E-state index in [-0.39, 0.29) is 25.6 Å². The lowest BCUT2D eigenvalue weighted by Gasteiger charge is -2.65. The molecule has 1 saturated heterocycles. The van der Waals surface area contributed by atoms with Gasteiger partial charge in [0.25, 0.3) is 0 Å². The SMILES string of the molecule is C[N@+]1(CC2(O)CC2)CC[C@]23c4c5ccc(O)c4O[C@H]2C(=O)C(O)C[C@@]3(O)[C@H]1C5.[CH3-]. The highest BCUT2D eigenvalue weighted by molar-refractivity contribution is 5.93. The molecule has 2 saturated carbocycles. The van der Waals surface area contributed by atoms with Crippen LogP contribution < -0.4 is 4.74 Å². The quantitative estimate of drug-likeness (QED) is 0.415. The molecule has 0 radical (unpaired) electrons. The molecular weight excluding hydrogens is 374 g/mol. The van der Waals surface area contributed by atoms with Gasteiger partial charge in [-0.15, -0.1) is 0 Å². The number of rotatable bonds is 2. The summed E-state index contributed by atoms with van der Waals surface area (Å²) < 4.78 is 6.47. The Balaban J connectivity index is 0.00000181. The molecule has 7 heteroatoms. The molecule has 1 spiro atoms. The Hall–Kier alpha value is -1.67.